The minimum atomic E-state index is -3.51. The first-order valence-electron chi connectivity index (χ1n) is 5.42. The van der Waals surface area contributed by atoms with E-state index in [-0.39, 0.29) is 25.2 Å². The van der Waals surface area contributed by atoms with Crippen molar-refractivity contribution in [2.24, 2.45) is 0 Å². The molecule has 0 spiro atoms. The maximum atomic E-state index is 12.5. The van der Waals surface area contributed by atoms with Crippen molar-refractivity contribution < 1.29 is 22.0 Å². The van der Waals surface area contributed by atoms with Crippen LogP contribution in [0.15, 0.2) is 11.5 Å². The average Bonchev–Trinajstić information content (AvgIpc) is 2.66. The minimum Gasteiger partial charge on any atom is -0.304 e. The second-order valence-corrected chi connectivity index (χ2v) is 7.40. The van der Waals surface area contributed by atoms with Crippen LogP contribution in [-0.4, -0.2) is 38.7 Å². The van der Waals surface area contributed by atoms with Crippen molar-refractivity contribution in [3.05, 3.63) is 11.5 Å². The van der Waals surface area contributed by atoms with E-state index in [0.29, 0.717) is 6.42 Å². The maximum Gasteiger partial charge on any atom is 0.377 e. The molecular weight excluding hydrogens is 265 g/mol. The third kappa shape index (κ3) is 3.31. The van der Waals surface area contributed by atoms with Crippen molar-refractivity contribution in [2.45, 2.75) is 20.3 Å². The van der Waals surface area contributed by atoms with E-state index >= 15 is 0 Å². The molecule has 0 unspecified atom stereocenters. The quantitative estimate of drug-likeness (QED) is 0.694. The van der Waals surface area contributed by atoms with Crippen LogP contribution in [-0.2, 0) is 23.6 Å². The molecule has 0 aromatic rings. The summed E-state index contributed by atoms with van der Waals surface area (Å²) in [6.07, 6.45) is 3.20. The smallest absolute Gasteiger partial charge is 0.304 e. The van der Waals surface area contributed by atoms with E-state index in [1.807, 2.05) is 0 Å². The Bertz CT molecular complexity index is 434. The Morgan fingerprint density at radius 2 is 1.88 bits per heavy atom. The molecule has 1 aliphatic rings. The molecule has 0 fully saturated rings. The van der Waals surface area contributed by atoms with Crippen LogP contribution in [0, 0.1) is 0 Å². The monoisotopic (exact) mass is 283 g/mol. The van der Waals surface area contributed by atoms with Crippen LogP contribution in [0.2, 0.25) is 0 Å². The Balaban J connectivity index is 3.07. The topological polar surface area (TPSA) is 72.9 Å². The first-order chi connectivity index (χ1) is 7.85. The fraction of sp³-hybridized carbons (Fsp3) is 0.778. The second-order valence-electron chi connectivity index (χ2n) is 3.52. The summed E-state index contributed by atoms with van der Waals surface area (Å²) in [6, 6.07) is 0. The van der Waals surface area contributed by atoms with Crippen molar-refractivity contribution in [2.75, 3.05) is 26.0 Å². The summed E-state index contributed by atoms with van der Waals surface area (Å²) < 4.78 is 46.9. The molecule has 0 radical (unpaired) electrons. The van der Waals surface area contributed by atoms with Crippen LogP contribution in [0.25, 0.3) is 0 Å². The lowest BCUT2D eigenvalue weighted by Crippen LogP contribution is -2.27. The molecule has 0 saturated carbocycles. The summed E-state index contributed by atoms with van der Waals surface area (Å²) in [7, 11) is -6.95. The Hall–Kier alpha value is -0.360. The zero-order valence-electron chi connectivity index (χ0n) is 10.2. The van der Waals surface area contributed by atoms with Crippen molar-refractivity contribution in [1.29, 1.82) is 0 Å². The van der Waals surface area contributed by atoms with Gasteiger partial charge in [-0.1, -0.05) is 0 Å². The summed E-state index contributed by atoms with van der Waals surface area (Å²) >= 11 is 0. The number of sulfonamides is 1. The first-order valence-corrected chi connectivity index (χ1v) is 8.81. The molecule has 0 atom stereocenters. The third-order valence-corrected chi connectivity index (χ3v) is 5.69. The van der Waals surface area contributed by atoms with Crippen LogP contribution in [0.5, 0.6) is 0 Å². The van der Waals surface area contributed by atoms with E-state index in [4.69, 9.17) is 9.05 Å². The van der Waals surface area contributed by atoms with E-state index < -0.39 is 17.6 Å². The van der Waals surface area contributed by atoms with E-state index in [2.05, 4.69) is 0 Å². The molecule has 8 heteroatoms. The maximum absolute atomic E-state index is 12.5. The molecule has 100 valence electrons. The van der Waals surface area contributed by atoms with Crippen LogP contribution < -0.4 is 0 Å². The third-order valence-electron chi connectivity index (χ3n) is 2.19. The summed E-state index contributed by atoms with van der Waals surface area (Å²) in [5.41, 5.74) is 0.142. The van der Waals surface area contributed by atoms with Crippen LogP contribution in [0.1, 0.15) is 20.3 Å². The lowest BCUT2D eigenvalue weighted by molar-refractivity contribution is 0.221. The zero-order chi connectivity index (χ0) is 13.1. The molecule has 1 heterocycles. The van der Waals surface area contributed by atoms with Gasteiger partial charge >= 0.3 is 7.60 Å². The predicted octanol–water partition coefficient (Wildman–Crippen LogP) is 1.76. The number of hydrogen-bond donors (Lipinski definition) is 0. The summed E-state index contributed by atoms with van der Waals surface area (Å²) in [5, 5.41) is 0. The van der Waals surface area contributed by atoms with Gasteiger partial charge in [0.25, 0.3) is 0 Å². The molecule has 0 aromatic heterocycles. The lowest BCUT2D eigenvalue weighted by Gasteiger charge is -2.25. The molecule has 0 aromatic carbocycles. The highest BCUT2D eigenvalue weighted by Gasteiger charge is 2.39. The Kier molecular flexibility index (Phi) is 4.77. The van der Waals surface area contributed by atoms with E-state index in [9.17, 15) is 13.0 Å². The molecule has 1 rings (SSSR count). The van der Waals surface area contributed by atoms with Gasteiger partial charge in [0.2, 0.25) is 10.0 Å². The van der Waals surface area contributed by atoms with Gasteiger partial charge in [0.05, 0.1) is 19.5 Å². The van der Waals surface area contributed by atoms with Crippen molar-refractivity contribution in [3.63, 3.8) is 0 Å². The fourth-order valence-electron chi connectivity index (χ4n) is 1.62. The van der Waals surface area contributed by atoms with E-state index in [1.165, 1.54) is 0 Å². The SMILES string of the molecule is CCOP(=O)(OCC)C1=CCCN1S(C)(=O)=O. The van der Waals surface area contributed by atoms with E-state index in [1.54, 1.807) is 19.9 Å². The molecule has 0 saturated heterocycles. The molecular formula is C9H18NO5PS. The molecule has 0 amide bonds. The minimum absolute atomic E-state index is 0.142. The Morgan fingerprint density at radius 3 is 2.29 bits per heavy atom. The standard InChI is InChI=1S/C9H18NO5PS/c1-4-14-16(11,15-5-2)9-7-6-8-10(9)17(3,12)13/h7H,4-6,8H2,1-3H3. The van der Waals surface area contributed by atoms with Gasteiger partial charge in [-0.3, -0.25) is 8.87 Å². The van der Waals surface area contributed by atoms with Crippen LogP contribution in [0.3, 0.4) is 0 Å². The normalized spacial score (nSPS) is 17.4. The zero-order valence-corrected chi connectivity index (χ0v) is 12.0. The van der Waals surface area contributed by atoms with Gasteiger partial charge in [0.15, 0.2) is 0 Å². The van der Waals surface area contributed by atoms with Crippen molar-refractivity contribution in [1.82, 2.24) is 4.31 Å². The molecule has 0 aliphatic carbocycles. The molecule has 0 bridgehead atoms. The lowest BCUT2D eigenvalue weighted by atomic mass is 10.5. The van der Waals surface area contributed by atoms with Crippen LogP contribution in [0.4, 0.5) is 0 Å². The highest BCUT2D eigenvalue weighted by atomic mass is 32.2. The van der Waals surface area contributed by atoms with Crippen molar-refractivity contribution in [3.8, 4) is 0 Å². The van der Waals surface area contributed by atoms with Gasteiger partial charge < -0.3 is 9.05 Å². The highest BCUT2D eigenvalue weighted by molar-refractivity contribution is 7.89. The van der Waals surface area contributed by atoms with Crippen LogP contribution >= 0.6 is 7.60 Å². The number of hydrogen-bond acceptors (Lipinski definition) is 5. The second kappa shape index (κ2) is 5.52. The van der Waals surface area contributed by atoms with Crippen molar-refractivity contribution >= 4 is 17.6 Å². The molecule has 6 nitrogen and oxygen atoms in total. The highest BCUT2D eigenvalue weighted by Crippen LogP contribution is 2.58. The molecule has 0 N–H and O–H groups in total. The Labute approximate surface area is 102 Å². The van der Waals surface area contributed by atoms with Gasteiger partial charge in [0, 0.05) is 6.54 Å². The first kappa shape index (κ1) is 14.7. The van der Waals surface area contributed by atoms with Gasteiger partial charge in [-0.25, -0.2) is 8.42 Å². The summed E-state index contributed by atoms with van der Waals surface area (Å²) in [5.74, 6) is 0. The fourth-order valence-corrected chi connectivity index (χ4v) is 4.96. The predicted molar refractivity (Wildman–Crippen MR) is 65.1 cm³/mol. The summed E-state index contributed by atoms with van der Waals surface area (Å²) in [4.78, 5) is 0. The number of nitrogens with zero attached hydrogens (tertiary/aromatic N) is 1. The largest absolute Gasteiger partial charge is 0.377 e. The molecule has 1 aliphatic heterocycles. The molecule has 17 heavy (non-hydrogen) atoms. The average molecular weight is 283 g/mol. The van der Waals surface area contributed by atoms with Gasteiger partial charge in [-0.15, -0.1) is 0 Å². The summed E-state index contributed by atoms with van der Waals surface area (Å²) in [6.45, 7) is 4.06. The van der Waals surface area contributed by atoms with Gasteiger partial charge in [-0.05, 0) is 26.3 Å². The number of rotatable bonds is 6. The Morgan fingerprint density at radius 1 is 1.35 bits per heavy atom. The van der Waals surface area contributed by atoms with E-state index in [0.717, 1.165) is 10.6 Å². The van der Waals surface area contributed by atoms with Gasteiger partial charge in [-0.2, -0.15) is 0 Å². The van der Waals surface area contributed by atoms with Gasteiger partial charge in [0.1, 0.15) is 5.44 Å².